The summed E-state index contributed by atoms with van der Waals surface area (Å²) >= 11 is 0. The molecular weight excluding hydrogens is 262 g/mol. The largest absolute Gasteiger partial charge is 0.372 e. The summed E-state index contributed by atoms with van der Waals surface area (Å²) in [7, 11) is 0. The predicted molar refractivity (Wildman–Crippen MR) is 84.2 cm³/mol. The van der Waals surface area contributed by atoms with Gasteiger partial charge < -0.3 is 10.2 Å². The molecule has 0 fully saturated rings. The number of hydrogen-bond donors (Lipinski definition) is 1. The fourth-order valence-corrected chi connectivity index (χ4v) is 2.07. The van der Waals surface area contributed by atoms with Crippen LogP contribution in [0.5, 0.6) is 0 Å². The van der Waals surface area contributed by atoms with Crippen molar-refractivity contribution in [1.82, 2.24) is 9.97 Å². The van der Waals surface area contributed by atoms with E-state index in [1.807, 2.05) is 12.1 Å². The van der Waals surface area contributed by atoms with Gasteiger partial charge in [-0.05, 0) is 25.5 Å². The minimum atomic E-state index is 0.335. The number of nitriles is 1. The second-order valence-electron chi connectivity index (χ2n) is 4.59. The molecule has 21 heavy (non-hydrogen) atoms. The number of anilines is 2. The van der Waals surface area contributed by atoms with Crippen LogP contribution < -0.4 is 10.2 Å². The molecule has 0 bridgehead atoms. The Hall–Kier alpha value is -2.61. The molecule has 2 rings (SSSR count). The molecule has 5 nitrogen and oxygen atoms in total. The van der Waals surface area contributed by atoms with Gasteiger partial charge in [0.1, 0.15) is 11.9 Å². The van der Waals surface area contributed by atoms with E-state index in [9.17, 15) is 0 Å². The lowest BCUT2D eigenvalue weighted by Crippen LogP contribution is -2.25. The first-order chi connectivity index (χ1) is 10.3. The minimum absolute atomic E-state index is 0.335. The van der Waals surface area contributed by atoms with Crippen LogP contribution in [0.1, 0.15) is 19.0 Å². The van der Waals surface area contributed by atoms with Gasteiger partial charge in [-0.3, -0.25) is 0 Å². The van der Waals surface area contributed by atoms with E-state index >= 15 is 0 Å². The van der Waals surface area contributed by atoms with Crippen molar-refractivity contribution >= 4 is 11.5 Å². The Morgan fingerprint density at radius 2 is 2.00 bits per heavy atom. The molecule has 0 spiro atoms. The van der Waals surface area contributed by atoms with Gasteiger partial charge in [-0.25, -0.2) is 9.97 Å². The van der Waals surface area contributed by atoms with E-state index in [-0.39, 0.29) is 0 Å². The number of benzene rings is 1. The molecule has 0 radical (unpaired) electrons. The highest BCUT2D eigenvalue weighted by atomic mass is 15.1. The highest BCUT2D eigenvalue weighted by molar-refractivity contribution is 5.45. The number of para-hydroxylation sites is 1. The Labute approximate surface area is 125 Å². The molecule has 0 aliphatic rings. The van der Waals surface area contributed by atoms with Crippen molar-refractivity contribution in [3.63, 3.8) is 0 Å². The molecule has 0 aliphatic carbocycles. The number of nitrogens with one attached hydrogen (secondary N) is 1. The average Bonchev–Trinajstić information content (AvgIpc) is 2.56. The van der Waals surface area contributed by atoms with Crippen LogP contribution in [0.15, 0.2) is 42.7 Å². The molecule has 0 unspecified atom stereocenters. The first-order valence-corrected chi connectivity index (χ1v) is 7.09. The molecule has 0 atom stereocenters. The SMILES string of the molecule is CCN(CCCNc1cnc(C#N)cn1)c1ccccc1. The first kappa shape index (κ1) is 14.8. The molecule has 2 aromatic rings. The van der Waals surface area contributed by atoms with Crippen molar-refractivity contribution in [2.75, 3.05) is 29.9 Å². The maximum atomic E-state index is 8.66. The number of rotatable bonds is 7. The van der Waals surface area contributed by atoms with Crippen LogP contribution in [0.25, 0.3) is 0 Å². The Morgan fingerprint density at radius 3 is 2.62 bits per heavy atom. The second-order valence-corrected chi connectivity index (χ2v) is 4.59. The topological polar surface area (TPSA) is 64.8 Å². The van der Waals surface area contributed by atoms with Crippen LogP contribution >= 0.6 is 0 Å². The van der Waals surface area contributed by atoms with Gasteiger partial charge in [-0.15, -0.1) is 0 Å². The van der Waals surface area contributed by atoms with Crippen molar-refractivity contribution < 1.29 is 0 Å². The Morgan fingerprint density at radius 1 is 1.19 bits per heavy atom. The van der Waals surface area contributed by atoms with E-state index in [1.165, 1.54) is 11.9 Å². The third-order valence-corrected chi connectivity index (χ3v) is 3.18. The zero-order valence-electron chi connectivity index (χ0n) is 12.2. The maximum Gasteiger partial charge on any atom is 0.158 e. The summed E-state index contributed by atoms with van der Waals surface area (Å²) in [5.41, 5.74) is 1.58. The zero-order valence-corrected chi connectivity index (χ0v) is 12.2. The van der Waals surface area contributed by atoms with Gasteiger partial charge >= 0.3 is 0 Å². The molecular formula is C16H19N5. The summed E-state index contributed by atoms with van der Waals surface area (Å²) < 4.78 is 0. The zero-order chi connectivity index (χ0) is 14.9. The van der Waals surface area contributed by atoms with E-state index in [1.54, 1.807) is 6.20 Å². The quantitative estimate of drug-likeness (QED) is 0.790. The summed E-state index contributed by atoms with van der Waals surface area (Å²) in [6.07, 6.45) is 4.07. The number of aromatic nitrogens is 2. The first-order valence-electron chi connectivity index (χ1n) is 7.09. The van der Waals surface area contributed by atoms with E-state index in [0.29, 0.717) is 11.5 Å². The van der Waals surface area contributed by atoms with Gasteiger partial charge in [0.15, 0.2) is 5.69 Å². The molecule has 0 aliphatic heterocycles. The summed E-state index contributed by atoms with van der Waals surface area (Å²) in [6, 6.07) is 12.4. The summed E-state index contributed by atoms with van der Waals surface area (Å²) in [6.45, 7) is 4.95. The van der Waals surface area contributed by atoms with Crippen molar-refractivity contribution in [3.8, 4) is 6.07 Å². The lowest BCUT2D eigenvalue weighted by atomic mass is 10.2. The lowest BCUT2D eigenvalue weighted by molar-refractivity contribution is 0.767. The third kappa shape index (κ3) is 4.46. The van der Waals surface area contributed by atoms with Gasteiger partial charge in [-0.1, -0.05) is 18.2 Å². The number of hydrogen-bond acceptors (Lipinski definition) is 5. The fourth-order valence-electron chi connectivity index (χ4n) is 2.07. The second kappa shape index (κ2) is 7.85. The normalized spacial score (nSPS) is 9.90. The van der Waals surface area contributed by atoms with Gasteiger partial charge in [0.05, 0.1) is 12.4 Å². The Bertz CT molecular complexity index is 574. The molecule has 0 saturated heterocycles. The smallest absolute Gasteiger partial charge is 0.158 e. The van der Waals surface area contributed by atoms with Gasteiger partial charge in [0.2, 0.25) is 0 Å². The predicted octanol–water partition coefficient (Wildman–Crippen LogP) is 2.68. The van der Waals surface area contributed by atoms with E-state index in [2.05, 4.69) is 51.4 Å². The maximum absolute atomic E-state index is 8.66. The molecule has 0 amide bonds. The summed E-state index contributed by atoms with van der Waals surface area (Å²) in [5, 5.41) is 11.9. The monoisotopic (exact) mass is 281 g/mol. The standard InChI is InChI=1S/C16H19N5/c1-2-21(15-7-4-3-5-8-15)10-6-9-18-16-13-19-14(11-17)12-20-16/h3-5,7-8,12-13H,2,6,9-10H2,1H3,(H,18,20). The van der Waals surface area contributed by atoms with Crippen molar-refractivity contribution in [2.24, 2.45) is 0 Å². The fraction of sp³-hybridized carbons (Fsp3) is 0.312. The van der Waals surface area contributed by atoms with Crippen LogP contribution in [0.3, 0.4) is 0 Å². The summed E-state index contributed by atoms with van der Waals surface area (Å²) in [5.74, 6) is 0.705. The lowest BCUT2D eigenvalue weighted by Gasteiger charge is -2.23. The van der Waals surface area contributed by atoms with Crippen LogP contribution in [-0.2, 0) is 0 Å². The Kier molecular flexibility index (Phi) is 5.53. The summed E-state index contributed by atoms with van der Waals surface area (Å²) in [4.78, 5) is 10.5. The molecule has 1 aromatic heterocycles. The molecule has 1 aromatic carbocycles. The van der Waals surface area contributed by atoms with Crippen molar-refractivity contribution in [1.29, 1.82) is 5.26 Å². The molecule has 5 heteroatoms. The van der Waals surface area contributed by atoms with Crippen molar-refractivity contribution in [3.05, 3.63) is 48.4 Å². The minimum Gasteiger partial charge on any atom is -0.372 e. The third-order valence-electron chi connectivity index (χ3n) is 3.18. The molecule has 0 saturated carbocycles. The molecule has 1 heterocycles. The van der Waals surface area contributed by atoms with E-state index in [0.717, 1.165) is 26.1 Å². The van der Waals surface area contributed by atoms with Crippen LogP contribution in [0.2, 0.25) is 0 Å². The average molecular weight is 281 g/mol. The molecule has 1 N–H and O–H groups in total. The van der Waals surface area contributed by atoms with E-state index in [4.69, 9.17) is 5.26 Å². The highest BCUT2D eigenvalue weighted by Gasteiger charge is 2.03. The van der Waals surface area contributed by atoms with Gasteiger partial charge in [0, 0.05) is 25.3 Å². The van der Waals surface area contributed by atoms with E-state index < -0.39 is 0 Å². The van der Waals surface area contributed by atoms with Gasteiger partial charge in [0.25, 0.3) is 0 Å². The van der Waals surface area contributed by atoms with Crippen molar-refractivity contribution in [2.45, 2.75) is 13.3 Å². The highest BCUT2D eigenvalue weighted by Crippen LogP contribution is 2.13. The van der Waals surface area contributed by atoms with Gasteiger partial charge in [-0.2, -0.15) is 5.26 Å². The Balaban J connectivity index is 1.77. The molecule has 108 valence electrons. The van der Waals surface area contributed by atoms with Crippen LogP contribution in [-0.4, -0.2) is 29.6 Å². The van der Waals surface area contributed by atoms with Crippen LogP contribution in [0, 0.1) is 11.3 Å². The number of nitrogens with zero attached hydrogens (tertiary/aromatic N) is 4. The van der Waals surface area contributed by atoms with Crippen LogP contribution in [0.4, 0.5) is 11.5 Å².